The minimum Gasteiger partial charge on any atom is -0.493 e. The molecule has 1 saturated heterocycles. The molecular weight excluding hydrogens is 366 g/mol. The number of hydrogen-bond acceptors (Lipinski definition) is 4. The Bertz CT molecular complexity index is 972. The lowest BCUT2D eigenvalue weighted by Crippen LogP contribution is -2.32. The number of fused-ring (bicyclic) bond motifs is 1. The van der Waals surface area contributed by atoms with Crippen LogP contribution in [0.3, 0.4) is 0 Å². The van der Waals surface area contributed by atoms with Gasteiger partial charge in [0.15, 0.2) is 0 Å². The van der Waals surface area contributed by atoms with Crippen molar-refractivity contribution in [2.45, 2.75) is 31.8 Å². The van der Waals surface area contributed by atoms with Crippen molar-refractivity contribution in [3.05, 3.63) is 66.1 Å². The number of imidazole rings is 1. The first kappa shape index (κ1) is 18.2. The Hall–Kier alpha value is -2.86. The molecule has 150 valence electrons. The Kier molecular flexibility index (Phi) is 4.94. The molecule has 2 aliphatic rings. The number of carbonyl (C=O) groups is 1. The number of pyridine rings is 1. The van der Waals surface area contributed by atoms with E-state index in [1.54, 1.807) is 0 Å². The minimum atomic E-state index is -0.00868. The fourth-order valence-corrected chi connectivity index (χ4v) is 3.80. The third-order valence-corrected chi connectivity index (χ3v) is 5.59. The summed E-state index contributed by atoms with van der Waals surface area (Å²) in [7, 11) is 0. The van der Waals surface area contributed by atoms with E-state index < -0.39 is 0 Å². The maximum Gasteiger partial charge on any atom is 0.274 e. The first-order valence-electron chi connectivity index (χ1n) is 10.3. The van der Waals surface area contributed by atoms with Crippen LogP contribution in [-0.4, -0.2) is 46.1 Å². The summed E-state index contributed by atoms with van der Waals surface area (Å²) in [6, 6.07) is 14.1. The van der Waals surface area contributed by atoms with Crippen LogP contribution >= 0.6 is 0 Å². The number of amides is 1. The average Bonchev–Trinajstić information content (AvgIpc) is 3.27. The highest BCUT2D eigenvalue weighted by Gasteiger charge is 2.34. The lowest BCUT2D eigenvalue weighted by Gasteiger charge is -2.22. The van der Waals surface area contributed by atoms with Gasteiger partial charge in [-0.2, -0.15) is 0 Å². The number of benzene rings is 1. The number of ether oxygens (including phenoxy) is 2. The molecule has 0 radical (unpaired) electrons. The molecule has 0 N–H and O–H groups in total. The van der Waals surface area contributed by atoms with Crippen LogP contribution in [0.5, 0.6) is 5.75 Å². The monoisotopic (exact) mass is 391 g/mol. The summed E-state index contributed by atoms with van der Waals surface area (Å²) in [5.74, 6) is 1.31. The van der Waals surface area contributed by atoms with Crippen LogP contribution in [0.4, 0.5) is 0 Å². The Morgan fingerprint density at radius 2 is 2.14 bits per heavy atom. The van der Waals surface area contributed by atoms with Crippen LogP contribution in [0.1, 0.15) is 35.3 Å². The molecule has 6 nitrogen and oxygen atoms in total. The Morgan fingerprint density at radius 1 is 1.21 bits per heavy atom. The molecule has 0 bridgehead atoms. The second kappa shape index (κ2) is 7.87. The van der Waals surface area contributed by atoms with Gasteiger partial charge in [0.2, 0.25) is 0 Å². The summed E-state index contributed by atoms with van der Waals surface area (Å²) < 4.78 is 13.3. The van der Waals surface area contributed by atoms with E-state index in [0.29, 0.717) is 30.8 Å². The van der Waals surface area contributed by atoms with Gasteiger partial charge in [0.05, 0.1) is 13.2 Å². The fourth-order valence-electron chi connectivity index (χ4n) is 3.80. The topological polar surface area (TPSA) is 56.1 Å². The van der Waals surface area contributed by atoms with Gasteiger partial charge in [-0.25, -0.2) is 4.98 Å². The Balaban J connectivity index is 1.30. The van der Waals surface area contributed by atoms with Gasteiger partial charge in [-0.15, -0.1) is 0 Å². The van der Waals surface area contributed by atoms with Crippen molar-refractivity contribution >= 4 is 11.6 Å². The van der Waals surface area contributed by atoms with Gasteiger partial charge in [0.25, 0.3) is 5.91 Å². The molecule has 3 heterocycles. The van der Waals surface area contributed by atoms with Gasteiger partial charge >= 0.3 is 0 Å². The molecule has 1 unspecified atom stereocenters. The van der Waals surface area contributed by atoms with Gasteiger partial charge < -0.3 is 18.8 Å². The van der Waals surface area contributed by atoms with E-state index in [4.69, 9.17) is 9.47 Å². The van der Waals surface area contributed by atoms with E-state index in [1.165, 1.54) is 0 Å². The van der Waals surface area contributed by atoms with Crippen LogP contribution in [0.15, 0.2) is 54.9 Å². The van der Waals surface area contributed by atoms with Gasteiger partial charge in [-0.05, 0) is 49.1 Å². The summed E-state index contributed by atoms with van der Waals surface area (Å²) in [6.07, 6.45) is 6.89. The van der Waals surface area contributed by atoms with E-state index >= 15 is 0 Å². The number of carbonyl (C=O) groups excluding carboxylic acids is 1. The maximum atomic E-state index is 13.2. The second-order valence-electron chi connectivity index (χ2n) is 7.94. The average molecular weight is 391 g/mol. The van der Waals surface area contributed by atoms with Crippen LogP contribution in [-0.2, 0) is 11.3 Å². The smallest absolute Gasteiger partial charge is 0.274 e. The van der Waals surface area contributed by atoms with Crippen molar-refractivity contribution in [1.29, 1.82) is 0 Å². The second-order valence-corrected chi connectivity index (χ2v) is 7.94. The summed E-state index contributed by atoms with van der Waals surface area (Å²) in [4.78, 5) is 19.7. The Labute approximate surface area is 170 Å². The van der Waals surface area contributed by atoms with E-state index in [0.717, 1.165) is 49.4 Å². The van der Waals surface area contributed by atoms with E-state index in [9.17, 15) is 4.79 Å². The van der Waals surface area contributed by atoms with Crippen LogP contribution < -0.4 is 4.74 Å². The van der Waals surface area contributed by atoms with E-state index in [2.05, 4.69) is 11.1 Å². The van der Waals surface area contributed by atoms with Crippen molar-refractivity contribution in [3.8, 4) is 5.75 Å². The van der Waals surface area contributed by atoms with Crippen LogP contribution in [0, 0.1) is 5.92 Å². The zero-order valence-corrected chi connectivity index (χ0v) is 16.4. The molecule has 1 saturated carbocycles. The first-order chi connectivity index (χ1) is 14.3. The molecule has 2 fully saturated rings. The van der Waals surface area contributed by atoms with Crippen molar-refractivity contribution in [1.82, 2.24) is 14.3 Å². The molecule has 5 rings (SSSR count). The van der Waals surface area contributed by atoms with Gasteiger partial charge in [0, 0.05) is 37.5 Å². The summed E-state index contributed by atoms with van der Waals surface area (Å²) in [5.41, 5.74) is 2.36. The summed E-state index contributed by atoms with van der Waals surface area (Å²) in [5, 5.41) is 0. The largest absolute Gasteiger partial charge is 0.493 e. The molecule has 3 aromatic rings. The number of aromatic nitrogens is 2. The predicted octanol–water partition coefficient (Wildman–Crippen LogP) is 3.55. The number of hydrogen-bond donors (Lipinski definition) is 0. The van der Waals surface area contributed by atoms with E-state index in [1.807, 2.05) is 58.1 Å². The van der Waals surface area contributed by atoms with E-state index in [-0.39, 0.29) is 5.91 Å². The molecule has 1 aliphatic heterocycles. The predicted molar refractivity (Wildman–Crippen MR) is 109 cm³/mol. The van der Waals surface area contributed by atoms with Crippen LogP contribution in [0.2, 0.25) is 0 Å². The highest BCUT2D eigenvalue weighted by atomic mass is 16.5. The third-order valence-electron chi connectivity index (χ3n) is 5.59. The molecule has 1 aliphatic carbocycles. The van der Waals surface area contributed by atoms with Crippen molar-refractivity contribution in [2.24, 2.45) is 5.92 Å². The molecular formula is C23H25N3O3. The van der Waals surface area contributed by atoms with Gasteiger partial charge in [-0.1, -0.05) is 18.2 Å². The van der Waals surface area contributed by atoms with Crippen LogP contribution in [0.25, 0.3) is 5.65 Å². The van der Waals surface area contributed by atoms with Crippen molar-refractivity contribution < 1.29 is 14.3 Å². The highest BCUT2D eigenvalue weighted by Crippen LogP contribution is 2.30. The lowest BCUT2D eigenvalue weighted by atomic mass is 10.1. The Morgan fingerprint density at radius 3 is 2.93 bits per heavy atom. The summed E-state index contributed by atoms with van der Waals surface area (Å²) >= 11 is 0. The van der Waals surface area contributed by atoms with Crippen molar-refractivity contribution in [3.63, 3.8) is 0 Å². The zero-order chi connectivity index (χ0) is 19.6. The molecule has 1 amide bonds. The normalized spacial score (nSPS) is 18.8. The quantitative estimate of drug-likeness (QED) is 0.618. The fraction of sp³-hybridized carbons (Fsp3) is 0.391. The molecule has 1 aromatic carbocycles. The highest BCUT2D eigenvalue weighted by molar-refractivity contribution is 5.93. The SMILES string of the molecule is O=C(c1cn2ccccc2n1)N(Cc1cccc(OCC2CCOC2)c1)C1CC1. The molecule has 1 atom stereocenters. The molecule has 2 aromatic heterocycles. The minimum absolute atomic E-state index is 0.00868. The third kappa shape index (κ3) is 4.12. The lowest BCUT2D eigenvalue weighted by molar-refractivity contribution is 0.0724. The van der Waals surface area contributed by atoms with Gasteiger partial charge in [0.1, 0.15) is 17.1 Å². The summed E-state index contributed by atoms with van der Waals surface area (Å²) in [6.45, 7) is 2.86. The molecule has 29 heavy (non-hydrogen) atoms. The number of nitrogens with zero attached hydrogens (tertiary/aromatic N) is 3. The standard InChI is InChI=1S/C23H25N3O3/c27-23(21-14-25-10-2-1-6-22(25)24-21)26(19-7-8-19)13-17-4-3-5-20(12-17)29-16-18-9-11-28-15-18/h1-6,10,12,14,18-19H,7-9,11,13,15-16H2. The molecule has 6 heteroatoms. The van der Waals surface area contributed by atoms with Gasteiger partial charge in [-0.3, -0.25) is 4.79 Å². The number of rotatable bonds is 7. The van der Waals surface area contributed by atoms with Crippen molar-refractivity contribution in [2.75, 3.05) is 19.8 Å². The maximum absolute atomic E-state index is 13.2. The molecule has 0 spiro atoms. The first-order valence-corrected chi connectivity index (χ1v) is 10.3. The zero-order valence-electron chi connectivity index (χ0n) is 16.4.